The smallest absolute Gasteiger partial charge is 0.264 e. The first-order valence-electron chi connectivity index (χ1n) is 8.11. The van der Waals surface area contributed by atoms with Gasteiger partial charge >= 0.3 is 0 Å². The van der Waals surface area contributed by atoms with Gasteiger partial charge in [-0.3, -0.25) is 28.4 Å². The summed E-state index contributed by atoms with van der Waals surface area (Å²) in [6, 6.07) is 5.81. The van der Waals surface area contributed by atoms with Gasteiger partial charge in [-0.05, 0) is 19.1 Å². The maximum Gasteiger partial charge on any atom is 0.264 e. The second-order valence-corrected chi connectivity index (χ2v) is 8.13. The fraction of sp³-hybridized carbons (Fsp3) is 0.294. The number of Topliss-reactive ketones (excluding diaryl/α,β-unsaturated/α-hetero) is 1. The Balaban J connectivity index is 1.91. The number of likely N-dealkylation sites (N-methyl/N-ethyl adjacent to an activating group) is 1. The van der Waals surface area contributed by atoms with E-state index in [9.17, 15) is 27.6 Å². The molecule has 10 heteroatoms. The van der Waals surface area contributed by atoms with Crippen molar-refractivity contribution in [1.82, 2.24) is 14.5 Å². The number of ketones is 1. The number of allylic oxidation sites excluding steroid dienone is 2. The molecule has 0 bridgehead atoms. The molecule has 1 saturated heterocycles. The molecule has 27 heavy (non-hydrogen) atoms. The minimum atomic E-state index is -3.94. The molecule has 9 nitrogen and oxygen atoms in total. The SMILES string of the molecule is C/C(NC(=O)CN1C(=O)CCC1=O)=C1\C(=O)c2ccccc2S(=O)(=O)N1C. The number of likely N-dealkylation sites (tertiary alicyclic amines) is 1. The molecule has 0 unspecified atom stereocenters. The molecule has 0 radical (unpaired) electrons. The van der Waals surface area contributed by atoms with Crippen LogP contribution in [0, 0.1) is 0 Å². The lowest BCUT2D eigenvalue weighted by Gasteiger charge is -2.29. The summed E-state index contributed by atoms with van der Waals surface area (Å²) in [6.07, 6.45) is 0.116. The molecule has 1 fully saturated rings. The van der Waals surface area contributed by atoms with Crippen molar-refractivity contribution in [3.05, 3.63) is 41.2 Å². The van der Waals surface area contributed by atoms with E-state index < -0.39 is 40.1 Å². The van der Waals surface area contributed by atoms with Gasteiger partial charge in [-0.25, -0.2) is 8.42 Å². The molecule has 3 amide bonds. The second-order valence-electron chi connectivity index (χ2n) is 6.19. The van der Waals surface area contributed by atoms with Crippen LogP contribution < -0.4 is 5.32 Å². The number of nitrogens with one attached hydrogen (secondary N) is 1. The number of benzene rings is 1. The zero-order valence-electron chi connectivity index (χ0n) is 14.7. The van der Waals surface area contributed by atoms with E-state index in [1.807, 2.05) is 0 Å². The van der Waals surface area contributed by atoms with E-state index in [1.54, 1.807) is 6.07 Å². The molecule has 0 aliphatic carbocycles. The van der Waals surface area contributed by atoms with E-state index in [4.69, 9.17) is 0 Å². The highest BCUT2D eigenvalue weighted by Gasteiger charge is 2.38. The number of hydrogen-bond acceptors (Lipinski definition) is 6. The zero-order chi connectivity index (χ0) is 19.9. The average molecular weight is 391 g/mol. The van der Waals surface area contributed by atoms with Crippen molar-refractivity contribution in [2.24, 2.45) is 0 Å². The largest absolute Gasteiger partial charge is 0.326 e. The van der Waals surface area contributed by atoms with Crippen molar-refractivity contribution in [3.63, 3.8) is 0 Å². The molecule has 0 atom stereocenters. The summed E-state index contributed by atoms with van der Waals surface area (Å²) in [5, 5.41) is 2.41. The molecule has 0 spiro atoms. The first-order valence-corrected chi connectivity index (χ1v) is 9.55. The molecule has 3 rings (SSSR count). The Hall–Kier alpha value is -3.01. The number of amides is 3. The van der Waals surface area contributed by atoms with Crippen LogP contribution in [0.2, 0.25) is 0 Å². The normalized spacial score (nSPS) is 20.6. The summed E-state index contributed by atoms with van der Waals surface area (Å²) in [5.41, 5.74) is -0.158. The predicted octanol–water partition coefficient (Wildman–Crippen LogP) is 0.0001000. The minimum absolute atomic E-state index is 0.0177. The van der Waals surface area contributed by atoms with Crippen molar-refractivity contribution < 1.29 is 27.6 Å². The van der Waals surface area contributed by atoms with E-state index >= 15 is 0 Å². The molecule has 0 saturated carbocycles. The quantitative estimate of drug-likeness (QED) is 0.572. The van der Waals surface area contributed by atoms with Crippen LogP contribution in [-0.2, 0) is 24.4 Å². The Morgan fingerprint density at radius 1 is 1.11 bits per heavy atom. The minimum Gasteiger partial charge on any atom is -0.326 e. The number of fused-ring (bicyclic) bond motifs is 1. The Kier molecular flexibility index (Phi) is 4.60. The molecule has 0 aromatic heterocycles. The maximum absolute atomic E-state index is 12.8. The molecule has 2 heterocycles. The standard InChI is InChI=1S/C17H17N3O6S/c1-10(18-13(21)9-20-14(22)7-8-15(20)23)16-17(24)11-5-3-4-6-12(11)27(25,26)19(16)2/h3-6H,7-9H2,1-2H3,(H,18,21)/b16-10-. The Labute approximate surface area is 155 Å². The van der Waals surface area contributed by atoms with Crippen LogP contribution >= 0.6 is 0 Å². The number of sulfonamides is 1. The molecule has 1 aromatic rings. The fourth-order valence-electron chi connectivity index (χ4n) is 3.07. The summed E-state index contributed by atoms with van der Waals surface area (Å²) >= 11 is 0. The number of carbonyl (C=O) groups excluding carboxylic acids is 4. The lowest BCUT2D eigenvalue weighted by atomic mass is 10.1. The summed E-state index contributed by atoms with van der Waals surface area (Å²) in [4.78, 5) is 48.9. The van der Waals surface area contributed by atoms with Crippen LogP contribution in [0.4, 0.5) is 0 Å². The molecule has 1 N–H and O–H groups in total. The fourth-order valence-corrected chi connectivity index (χ4v) is 4.52. The van der Waals surface area contributed by atoms with E-state index in [0.717, 1.165) is 9.21 Å². The van der Waals surface area contributed by atoms with Crippen molar-refractivity contribution in [1.29, 1.82) is 0 Å². The van der Waals surface area contributed by atoms with Crippen LogP contribution in [0.25, 0.3) is 0 Å². The maximum atomic E-state index is 12.8. The van der Waals surface area contributed by atoms with E-state index in [-0.39, 0.29) is 34.7 Å². The molecular formula is C17H17N3O6S. The molecule has 2 aliphatic heterocycles. The highest BCUT2D eigenvalue weighted by Crippen LogP contribution is 2.31. The molecule has 142 valence electrons. The van der Waals surface area contributed by atoms with Gasteiger partial charge in [-0.1, -0.05) is 12.1 Å². The zero-order valence-corrected chi connectivity index (χ0v) is 15.5. The summed E-state index contributed by atoms with van der Waals surface area (Å²) in [7, 11) is -2.72. The van der Waals surface area contributed by atoms with Crippen molar-refractivity contribution >= 4 is 33.5 Å². The number of carbonyl (C=O) groups is 4. The van der Waals surface area contributed by atoms with Crippen LogP contribution in [0.5, 0.6) is 0 Å². The lowest BCUT2D eigenvalue weighted by molar-refractivity contribution is -0.142. The average Bonchev–Trinajstić information content (AvgIpc) is 2.92. The van der Waals surface area contributed by atoms with Gasteiger partial charge in [0.15, 0.2) is 0 Å². The van der Waals surface area contributed by atoms with Crippen LogP contribution in [0.3, 0.4) is 0 Å². The van der Waals surface area contributed by atoms with Crippen molar-refractivity contribution in [2.45, 2.75) is 24.7 Å². The van der Waals surface area contributed by atoms with Gasteiger partial charge in [-0.2, -0.15) is 0 Å². The van der Waals surface area contributed by atoms with Crippen LogP contribution in [0.15, 0.2) is 40.6 Å². The van der Waals surface area contributed by atoms with Crippen molar-refractivity contribution in [2.75, 3.05) is 13.6 Å². The molecular weight excluding hydrogens is 374 g/mol. The highest BCUT2D eigenvalue weighted by molar-refractivity contribution is 7.89. The lowest BCUT2D eigenvalue weighted by Crippen LogP contribution is -2.42. The predicted molar refractivity (Wildman–Crippen MR) is 92.5 cm³/mol. The second kappa shape index (κ2) is 6.62. The first kappa shape index (κ1) is 18.8. The summed E-state index contributed by atoms with van der Waals surface area (Å²) in [6.45, 7) is 0.905. The Bertz CT molecular complexity index is 995. The van der Waals surface area contributed by atoms with E-state index in [1.165, 1.54) is 32.2 Å². The third-order valence-electron chi connectivity index (χ3n) is 4.44. The molecule has 2 aliphatic rings. The number of rotatable bonds is 3. The van der Waals surface area contributed by atoms with E-state index in [2.05, 4.69) is 5.32 Å². The van der Waals surface area contributed by atoms with Gasteiger partial charge in [0.1, 0.15) is 12.2 Å². The molecule has 1 aromatic carbocycles. The van der Waals surface area contributed by atoms with Gasteiger partial charge in [0.25, 0.3) is 10.0 Å². The first-order chi connectivity index (χ1) is 12.6. The van der Waals surface area contributed by atoms with Crippen molar-refractivity contribution in [3.8, 4) is 0 Å². The van der Waals surface area contributed by atoms with E-state index in [0.29, 0.717) is 0 Å². The van der Waals surface area contributed by atoms with Gasteiger partial charge in [-0.15, -0.1) is 0 Å². The van der Waals surface area contributed by atoms with Gasteiger partial charge in [0.05, 0.1) is 4.90 Å². The van der Waals surface area contributed by atoms with Gasteiger partial charge < -0.3 is 5.32 Å². The number of nitrogens with zero attached hydrogens (tertiary/aromatic N) is 2. The van der Waals surface area contributed by atoms with Crippen LogP contribution in [0.1, 0.15) is 30.1 Å². The monoisotopic (exact) mass is 391 g/mol. The third-order valence-corrected chi connectivity index (χ3v) is 6.25. The topological polar surface area (TPSA) is 121 Å². The summed E-state index contributed by atoms with van der Waals surface area (Å²) in [5.74, 6) is -2.12. The Morgan fingerprint density at radius 2 is 1.70 bits per heavy atom. The summed E-state index contributed by atoms with van der Waals surface area (Å²) < 4.78 is 26.1. The third kappa shape index (κ3) is 3.12. The van der Waals surface area contributed by atoms with Gasteiger partial charge in [0, 0.05) is 31.1 Å². The van der Waals surface area contributed by atoms with Crippen LogP contribution in [-0.4, -0.2) is 54.7 Å². The Morgan fingerprint density at radius 3 is 2.33 bits per heavy atom. The highest BCUT2D eigenvalue weighted by atomic mass is 32.2. The van der Waals surface area contributed by atoms with Gasteiger partial charge in [0.2, 0.25) is 23.5 Å². The number of hydrogen-bond donors (Lipinski definition) is 1. The number of imide groups is 1.